The molecule has 0 unspecified atom stereocenters. The van der Waals surface area contributed by atoms with Crippen molar-refractivity contribution >= 4 is 28.5 Å². The van der Waals surface area contributed by atoms with Crippen molar-refractivity contribution in [3.8, 4) is 12.3 Å². The molecule has 0 spiro atoms. The smallest absolute Gasteiger partial charge is 0.335 e. The van der Waals surface area contributed by atoms with E-state index >= 15 is 0 Å². The summed E-state index contributed by atoms with van der Waals surface area (Å²) in [5.41, 5.74) is 2.33. The number of nitrogens with zero attached hydrogens (tertiary/aromatic N) is 3. The summed E-state index contributed by atoms with van der Waals surface area (Å²) in [6.07, 6.45) is 5.59. The fraction of sp³-hybridized carbons (Fsp3) is 0.333. The molecule has 1 heterocycles. The van der Waals surface area contributed by atoms with E-state index in [9.17, 15) is 14.4 Å². The molecular formula is C27H29N3O5. The van der Waals surface area contributed by atoms with Crippen LogP contribution in [-0.4, -0.2) is 33.1 Å². The number of aromatic nitrogens is 2. The van der Waals surface area contributed by atoms with Crippen LogP contribution < -0.4 is 10.5 Å². The van der Waals surface area contributed by atoms with Crippen LogP contribution in [0.15, 0.2) is 41.2 Å². The van der Waals surface area contributed by atoms with Crippen LogP contribution in [0.4, 0.5) is 5.69 Å². The van der Waals surface area contributed by atoms with Gasteiger partial charge in [-0.1, -0.05) is 5.92 Å². The largest absolute Gasteiger partial charge is 0.478 e. The summed E-state index contributed by atoms with van der Waals surface area (Å²) in [5, 5.41) is 9.56. The molecule has 0 saturated heterocycles. The van der Waals surface area contributed by atoms with E-state index in [4.69, 9.17) is 16.3 Å². The summed E-state index contributed by atoms with van der Waals surface area (Å²) < 4.78 is 6.69. The zero-order valence-corrected chi connectivity index (χ0v) is 20.6. The molecule has 0 aliphatic heterocycles. The van der Waals surface area contributed by atoms with Crippen LogP contribution in [-0.2, 0) is 22.8 Å². The first kappa shape index (κ1) is 25.5. The van der Waals surface area contributed by atoms with Gasteiger partial charge in [0.05, 0.1) is 28.4 Å². The molecule has 0 saturated carbocycles. The molecule has 0 amide bonds. The molecule has 3 rings (SSSR count). The van der Waals surface area contributed by atoms with Gasteiger partial charge in [0.2, 0.25) is 0 Å². The summed E-state index contributed by atoms with van der Waals surface area (Å²) in [6, 6.07) is 10.1. The lowest BCUT2D eigenvalue weighted by molar-refractivity contribution is -0.157. The lowest BCUT2D eigenvalue weighted by atomic mass is 9.98. The Labute approximate surface area is 204 Å². The lowest BCUT2D eigenvalue weighted by Gasteiger charge is -2.24. The Morgan fingerprint density at radius 1 is 1.17 bits per heavy atom. The number of rotatable bonds is 7. The van der Waals surface area contributed by atoms with Crippen molar-refractivity contribution in [3.05, 3.63) is 69.3 Å². The Kier molecular flexibility index (Phi) is 7.30. The van der Waals surface area contributed by atoms with Gasteiger partial charge in [-0.15, -0.1) is 6.42 Å². The topological polar surface area (TPSA) is 102 Å². The average molecular weight is 476 g/mol. The minimum atomic E-state index is -1.00. The molecule has 8 heteroatoms. The molecule has 0 radical (unpaired) electrons. The Morgan fingerprint density at radius 3 is 2.40 bits per heavy atom. The van der Waals surface area contributed by atoms with E-state index in [0.717, 1.165) is 16.8 Å². The lowest BCUT2D eigenvalue weighted by Crippen LogP contribution is -2.30. The van der Waals surface area contributed by atoms with Crippen LogP contribution in [0.5, 0.6) is 0 Å². The summed E-state index contributed by atoms with van der Waals surface area (Å²) in [7, 11) is 0. The molecule has 0 fully saturated rings. The van der Waals surface area contributed by atoms with Crippen molar-refractivity contribution in [2.45, 2.75) is 47.9 Å². The third-order valence-electron chi connectivity index (χ3n) is 5.66. The van der Waals surface area contributed by atoms with E-state index in [1.165, 1.54) is 16.7 Å². The van der Waals surface area contributed by atoms with Gasteiger partial charge >= 0.3 is 11.9 Å². The molecule has 2 aromatic carbocycles. The normalized spacial score (nSPS) is 11.2. The van der Waals surface area contributed by atoms with E-state index in [-0.39, 0.29) is 17.9 Å². The zero-order chi connectivity index (χ0) is 25.9. The van der Waals surface area contributed by atoms with E-state index in [0.29, 0.717) is 29.8 Å². The van der Waals surface area contributed by atoms with E-state index < -0.39 is 17.4 Å². The SMILES string of the molecule is C#CCN(Cc1cc2c(=O)n(COC(=O)C(C)(C)C)c(C)nc2cc1C)c1ccc(C(=O)O)cc1. The van der Waals surface area contributed by atoms with Gasteiger partial charge in [0.15, 0.2) is 6.73 Å². The van der Waals surface area contributed by atoms with Crippen LogP contribution in [0.2, 0.25) is 0 Å². The number of carbonyl (C=O) groups excluding carboxylic acids is 1. The number of terminal acetylenes is 1. The summed E-state index contributed by atoms with van der Waals surface area (Å²) in [6.45, 7) is 9.36. The fourth-order valence-electron chi connectivity index (χ4n) is 3.56. The second-order valence-electron chi connectivity index (χ2n) is 9.41. The van der Waals surface area contributed by atoms with Crippen LogP contribution in [0, 0.1) is 31.6 Å². The molecule has 0 aliphatic carbocycles. The van der Waals surface area contributed by atoms with Gasteiger partial charge in [-0.25, -0.2) is 9.78 Å². The third kappa shape index (κ3) is 5.69. The van der Waals surface area contributed by atoms with Crippen molar-refractivity contribution < 1.29 is 19.4 Å². The first-order valence-electron chi connectivity index (χ1n) is 11.1. The monoisotopic (exact) mass is 475 g/mol. The van der Waals surface area contributed by atoms with Gasteiger partial charge in [0.25, 0.3) is 5.56 Å². The molecule has 35 heavy (non-hydrogen) atoms. The number of aromatic carboxylic acids is 1. The number of fused-ring (bicyclic) bond motifs is 1. The number of anilines is 1. The summed E-state index contributed by atoms with van der Waals surface area (Å²) in [4.78, 5) is 43.1. The molecule has 8 nitrogen and oxygen atoms in total. The van der Waals surface area contributed by atoms with Crippen molar-refractivity contribution in [2.24, 2.45) is 5.41 Å². The van der Waals surface area contributed by atoms with Gasteiger partial charge in [0, 0.05) is 12.2 Å². The number of aryl methyl sites for hydroxylation is 2. The molecule has 0 atom stereocenters. The highest BCUT2D eigenvalue weighted by Gasteiger charge is 2.23. The minimum absolute atomic E-state index is 0.186. The van der Waals surface area contributed by atoms with Crippen LogP contribution in [0.3, 0.4) is 0 Å². The van der Waals surface area contributed by atoms with Crippen molar-refractivity contribution in [1.29, 1.82) is 0 Å². The van der Waals surface area contributed by atoms with Crippen LogP contribution >= 0.6 is 0 Å². The maximum atomic E-state index is 13.3. The van der Waals surface area contributed by atoms with Crippen molar-refractivity contribution in [1.82, 2.24) is 9.55 Å². The molecule has 0 bridgehead atoms. The predicted molar refractivity (Wildman–Crippen MR) is 134 cm³/mol. The molecule has 1 N–H and O–H groups in total. The number of esters is 1. The van der Waals surface area contributed by atoms with Crippen molar-refractivity contribution in [3.63, 3.8) is 0 Å². The standard InChI is InChI=1S/C27H29N3O5/c1-7-12-29(21-10-8-19(9-11-21)25(32)33)15-20-14-22-23(13-17(20)2)28-18(3)30(24(22)31)16-35-26(34)27(4,5)6/h1,8-11,13-14H,12,15-16H2,2-6H3,(H,32,33). The van der Waals surface area contributed by atoms with Crippen LogP contribution in [0.25, 0.3) is 10.9 Å². The highest BCUT2D eigenvalue weighted by atomic mass is 16.5. The first-order valence-corrected chi connectivity index (χ1v) is 11.1. The highest BCUT2D eigenvalue weighted by molar-refractivity contribution is 5.88. The first-order chi connectivity index (χ1) is 16.4. The van der Waals surface area contributed by atoms with Crippen LogP contribution in [0.1, 0.15) is 48.1 Å². The molecule has 3 aromatic rings. The summed E-state index contributed by atoms with van der Waals surface area (Å²) in [5.74, 6) is 1.67. The number of hydrogen-bond acceptors (Lipinski definition) is 6. The minimum Gasteiger partial charge on any atom is -0.478 e. The zero-order valence-electron chi connectivity index (χ0n) is 20.6. The fourth-order valence-corrected chi connectivity index (χ4v) is 3.56. The second kappa shape index (κ2) is 10.0. The number of ether oxygens (including phenoxy) is 1. The Bertz CT molecular complexity index is 1380. The van der Waals surface area contributed by atoms with Gasteiger partial charge < -0.3 is 14.7 Å². The highest BCUT2D eigenvalue weighted by Crippen LogP contribution is 2.23. The molecular weight excluding hydrogens is 446 g/mol. The second-order valence-corrected chi connectivity index (χ2v) is 9.41. The van der Waals surface area contributed by atoms with E-state index in [1.807, 2.05) is 17.9 Å². The summed E-state index contributed by atoms with van der Waals surface area (Å²) >= 11 is 0. The van der Waals surface area contributed by atoms with Gasteiger partial charge in [0.1, 0.15) is 5.82 Å². The molecule has 1 aromatic heterocycles. The number of hydrogen-bond donors (Lipinski definition) is 1. The van der Waals surface area contributed by atoms with Crippen molar-refractivity contribution in [2.75, 3.05) is 11.4 Å². The number of benzene rings is 2. The quantitative estimate of drug-likeness (QED) is 0.408. The number of carboxylic acids is 1. The predicted octanol–water partition coefficient (Wildman–Crippen LogP) is 3.90. The van der Waals surface area contributed by atoms with E-state index in [1.54, 1.807) is 45.9 Å². The van der Waals surface area contributed by atoms with Gasteiger partial charge in [-0.05, 0) is 82.1 Å². The Morgan fingerprint density at radius 2 is 1.83 bits per heavy atom. The molecule has 182 valence electrons. The molecule has 0 aliphatic rings. The Hall–Kier alpha value is -4.12. The maximum Gasteiger partial charge on any atom is 0.335 e. The maximum absolute atomic E-state index is 13.3. The van der Waals surface area contributed by atoms with Gasteiger partial charge in [-0.2, -0.15) is 0 Å². The third-order valence-corrected chi connectivity index (χ3v) is 5.66. The Balaban J connectivity index is 1.98. The van der Waals surface area contributed by atoms with Gasteiger partial charge in [-0.3, -0.25) is 14.2 Å². The van der Waals surface area contributed by atoms with E-state index in [2.05, 4.69) is 10.9 Å². The number of carboxylic acid groups (broad SMARTS) is 1. The number of carbonyl (C=O) groups is 2. The average Bonchev–Trinajstić information content (AvgIpc) is 2.78.